The minimum Gasteiger partial charge on any atom is -0.339 e. The van der Waals surface area contributed by atoms with E-state index in [1.807, 2.05) is 0 Å². The number of hydrogen-bond acceptors (Lipinski definition) is 3. The molecule has 0 aromatic rings. The molecule has 3 aliphatic rings. The number of rotatable bonds is 2. The lowest BCUT2D eigenvalue weighted by atomic mass is 10.0. The topological polar surface area (TPSA) is 35.6 Å². The highest BCUT2D eigenvalue weighted by Gasteiger charge is 2.53. The second-order valence-electron chi connectivity index (χ2n) is 6.43. The summed E-state index contributed by atoms with van der Waals surface area (Å²) in [6.45, 7) is 10.8. The van der Waals surface area contributed by atoms with Crippen molar-refractivity contribution in [2.45, 2.75) is 26.3 Å². The highest BCUT2D eigenvalue weighted by molar-refractivity contribution is 5.83. The van der Waals surface area contributed by atoms with Gasteiger partial charge in [-0.2, -0.15) is 0 Å². The molecular formula is C13H23N3O. The summed E-state index contributed by atoms with van der Waals surface area (Å²) in [7, 11) is 0. The van der Waals surface area contributed by atoms with Crippen LogP contribution in [0.25, 0.3) is 0 Å². The number of carbonyl (C=O) groups excluding carboxylic acids is 1. The third kappa shape index (κ3) is 2.08. The van der Waals surface area contributed by atoms with Crippen LogP contribution < -0.4 is 5.32 Å². The van der Waals surface area contributed by atoms with Gasteiger partial charge in [0.2, 0.25) is 5.91 Å². The Balaban J connectivity index is 1.46. The molecule has 0 aromatic carbocycles. The number of hydrogen-bond donors (Lipinski definition) is 1. The van der Waals surface area contributed by atoms with Crippen LogP contribution in [0.15, 0.2) is 0 Å². The Bertz CT molecular complexity index is 317. The molecule has 3 fully saturated rings. The van der Waals surface area contributed by atoms with Gasteiger partial charge in [0.05, 0.1) is 0 Å². The van der Waals surface area contributed by atoms with Crippen molar-refractivity contribution in [3.63, 3.8) is 0 Å². The number of piperazine rings is 1. The van der Waals surface area contributed by atoms with E-state index in [1.165, 1.54) is 0 Å². The molecule has 1 unspecified atom stereocenters. The molecule has 2 heterocycles. The van der Waals surface area contributed by atoms with Gasteiger partial charge in [-0.05, 0) is 11.8 Å². The van der Waals surface area contributed by atoms with Crippen LogP contribution in [-0.4, -0.2) is 61.0 Å². The molecule has 2 aliphatic heterocycles. The highest BCUT2D eigenvalue weighted by atomic mass is 16.2. The zero-order valence-electron chi connectivity index (χ0n) is 10.9. The molecule has 1 aliphatic carbocycles. The Hall–Kier alpha value is -0.610. The predicted molar refractivity (Wildman–Crippen MR) is 66.7 cm³/mol. The first-order valence-electron chi connectivity index (χ1n) is 6.81. The van der Waals surface area contributed by atoms with Gasteiger partial charge in [0.1, 0.15) is 0 Å². The quantitative estimate of drug-likeness (QED) is 0.742. The first-order chi connectivity index (χ1) is 8.08. The fourth-order valence-electron chi connectivity index (χ4n) is 3.02. The average molecular weight is 237 g/mol. The van der Waals surface area contributed by atoms with Crippen LogP contribution in [0, 0.1) is 11.3 Å². The van der Waals surface area contributed by atoms with Crippen LogP contribution in [0.4, 0.5) is 0 Å². The van der Waals surface area contributed by atoms with Crippen LogP contribution in [0.1, 0.15) is 20.3 Å². The minimum atomic E-state index is 0.275. The zero-order valence-corrected chi connectivity index (χ0v) is 10.9. The molecule has 3 rings (SSSR count). The molecule has 1 saturated carbocycles. The van der Waals surface area contributed by atoms with Crippen molar-refractivity contribution in [1.82, 2.24) is 15.1 Å². The van der Waals surface area contributed by atoms with E-state index >= 15 is 0 Å². The van der Waals surface area contributed by atoms with Crippen molar-refractivity contribution in [3.05, 3.63) is 0 Å². The number of nitrogens with one attached hydrogen (secondary N) is 1. The van der Waals surface area contributed by atoms with Gasteiger partial charge >= 0.3 is 0 Å². The number of carbonyl (C=O) groups is 1. The van der Waals surface area contributed by atoms with Crippen molar-refractivity contribution in [3.8, 4) is 0 Å². The second kappa shape index (κ2) is 3.95. The number of amides is 1. The summed E-state index contributed by atoms with van der Waals surface area (Å²) in [4.78, 5) is 16.7. The lowest BCUT2D eigenvalue weighted by Gasteiger charge is -2.47. The Labute approximate surface area is 103 Å². The lowest BCUT2D eigenvalue weighted by molar-refractivity contribution is -0.141. The van der Waals surface area contributed by atoms with Crippen molar-refractivity contribution in [2.24, 2.45) is 11.3 Å². The molecule has 0 radical (unpaired) electrons. The van der Waals surface area contributed by atoms with Gasteiger partial charge in [-0.25, -0.2) is 0 Å². The molecule has 4 heteroatoms. The van der Waals surface area contributed by atoms with E-state index in [4.69, 9.17) is 0 Å². The van der Waals surface area contributed by atoms with Crippen LogP contribution in [-0.2, 0) is 4.79 Å². The Kier molecular flexibility index (Phi) is 2.67. The smallest absolute Gasteiger partial charge is 0.226 e. The first kappa shape index (κ1) is 11.5. The van der Waals surface area contributed by atoms with Gasteiger partial charge in [-0.3, -0.25) is 9.69 Å². The summed E-state index contributed by atoms with van der Waals surface area (Å²) in [5.41, 5.74) is 0.275. The van der Waals surface area contributed by atoms with Gasteiger partial charge in [-0.15, -0.1) is 0 Å². The van der Waals surface area contributed by atoms with Gasteiger partial charge in [0.25, 0.3) is 0 Å². The highest BCUT2D eigenvalue weighted by Crippen LogP contribution is 2.52. The standard InChI is InChI=1S/C13H23N3O/c1-13(2)7-11(13)12(17)16-8-10(9-16)15-5-3-14-4-6-15/h10-11,14H,3-9H2,1-2H3. The molecule has 0 aromatic heterocycles. The fourth-order valence-corrected chi connectivity index (χ4v) is 3.02. The zero-order chi connectivity index (χ0) is 12.0. The molecule has 4 nitrogen and oxygen atoms in total. The SMILES string of the molecule is CC1(C)CC1C(=O)N1CC(N2CCNCC2)C1. The Morgan fingerprint density at radius 3 is 2.35 bits per heavy atom. The van der Waals surface area contributed by atoms with E-state index < -0.39 is 0 Å². The summed E-state index contributed by atoms with van der Waals surface area (Å²) in [6.07, 6.45) is 1.08. The van der Waals surface area contributed by atoms with E-state index in [1.54, 1.807) is 0 Å². The van der Waals surface area contributed by atoms with E-state index in [9.17, 15) is 4.79 Å². The largest absolute Gasteiger partial charge is 0.339 e. The molecule has 1 N–H and O–H groups in total. The van der Waals surface area contributed by atoms with Crippen molar-refractivity contribution >= 4 is 5.91 Å². The van der Waals surface area contributed by atoms with Crippen molar-refractivity contribution in [2.75, 3.05) is 39.3 Å². The Morgan fingerprint density at radius 2 is 1.82 bits per heavy atom. The average Bonchev–Trinajstić information content (AvgIpc) is 2.87. The summed E-state index contributed by atoms with van der Waals surface area (Å²) in [6, 6.07) is 0.628. The molecule has 0 spiro atoms. The molecule has 1 amide bonds. The van der Waals surface area contributed by atoms with Crippen LogP contribution >= 0.6 is 0 Å². The van der Waals surface area contributed by atoms with E-state index in [-0.39, 0.29) is 5.41 Å². The summed E-state index contributed by atoms with van der Waals surface area (Å²) < 4.78 is 0. The van der Waals surface area contributed by atoms with Gasteiger partial charge < -0.3 is 10.2 Å². The van der Waals surface area contributed by atoms with Gasteiger partial charge in [0, 0.05) is 51.2 Å². The maximum atomic E-state index is 12.1. The minimum absolute atomic E-state index is 0.275. The lowest BCUT2D eigenvalue weighted by Crippen LogP contribution is -2.64. The summed E-state index contributed by atoms with van der Waals surface area (Å²) in [5.74, 6) is 0.716. The van der Waals surface area contributed by atoms with Crippen molar-refractivity contribution in [1.29, 1.82) is 0 Å². The summed E-state index contributed by atoms with van der Waals surface area (Å²) in [5, 5.41) is 3.37. The van der Waals surface area contributed by atoms with E-state index in [0.29, 0.717) is 17.9 Å². The Morgan fingerprint density at radius 1 is 1.24 bits per heavy atom. The summed E-state index contributed by atoms with van der Waals surface area (Å²) >= 11 is 0. The maximum Gasteiger partial charge on any atom is 0.226 e. The fraction of sp³-hybridized carbons (Fsp3) is 0.923. The van der Waals surface area contributed by atoms with Gasteiger partial charge in [-0.1, -0.05) is 13.8 Å². The maximum absolute atomic E-state index is 12.1. The van der Waals surface area contributed by atoms with Crippen LogP contribution in [0.3, 0.4) is 0 Å². The van der Waals surface area contributed by atoms with Gasteiger partial charge in [0.15, 0.2) is 0 Å². The first-order valence-corrected chi connectivity index (χ1v) is 6.81. The molecule has 96 valence electrons. The molecular weight excluding hydrogens is 214 g/mol. The molecule has 1 atom stereocenters. The second-order valence-corrected chi connectivity index (χ2v) is 6.43. The third-order valence-electron chi connectivity index (χ3n) is 4.65. The normalized spacial score (nSPS) is 33.3. The number of likely N-dealkylation sites (tertiary alicyclic amines) is 1. The molecule has 0 bridgehead atoms. The molecule has 2 saturated heterocycles. The van der Waals surface area contributed by atoms with Crippen LogP contribution in [0.2, 0.25) is 0 Å². The van der Waals surface area contributed by atoms with E-state index in [0.717, 1.165) is 45.7 Å². The predicted octanol–water partition coefficient (Wildman–Crippen LogP) is 0.149. The molecule has 17 heavy (non-hydrogen) atoms. The third-order valence-corrected chi connectivity index (χ3v) is 4.65. The van der Waals surface area contributed by atoms with Crippen LogP contribution in [0.5, 0.6) is 0 Å². The van der Waals surface area contributed by atoms with Crippen molar-refractivity contribution < 1.29 is 4.79 Å². The monoisotopic (exact) mass is 237 g/mol. The van der Waals surface area contributed by atoms with E-state index in [2.05, 4.69) is 29.0 Å². The number of nitrogens with zero attached hydrogens (tertiary/aromatic N) is 2.